The normalized spacial score (nSPS) is 34.1. The highest BCUT2D eigenvalue weighted by atomic mass is 19.4. The van der Waals surface area contributed by atoms with Crippen LogP contribution in [0.25, 0.3) is 0 Å². The van der Waals surface area contributed by atoms with E-state index in [0.29, 0.717) is 0 Å². The van der Waals surface area contributed by atoms with E-state index in [1.165, 1.54) is 0 Å². The van der Waals surface area contributed by atoms with Gasteiger partial charge in [-0.3, -0.25) is 0 Å². The molecule has 1 fully saturated rings. The van der Waals surface area contributed by atoms with Crippen LogP contribution in [0.2, 0.25) is 0 Å². The SMILES string of the molecule is FC(C(F)(F)F)C(F)(F)C1(F)OCCC1F. The lowest BCUT2D eigenvalue weighted by atomic mass is 10.0. The van der Waals surface area contributed by atoms with Crippen molar-refractivity contribution in [1.29, 1.82) is 0 Å². The molecule has 0 N–H and O–H groups in total. The highest BCUT2D eigenvalue weighted by Gasteiger charge is 2.73. The highest BCUT2D eigenvalue weighted by molar-refractivity contribution is 5.01. The first kappa shape index (κ1) is 13.5. The molecule has 0 aromatic rings. The summed E-state index contributed by atoms with van der Waals surface area (Å²) in [4.78, 5) is 0. The van der Waals surface area contributed by atoms with Crippen molar-refractivity contribution in [3.05, 3.63) is 0 Å². The molecule has 1 saturated heterocycles. The van der Waals surface area contributed by atoms with Crippen molar-refractivity contribution in [1.82, 2.24) is 0 Å². The third-order valence-electron chi connectivity index (χ3n) is 2.15. The number of halogens is 8. The molecule has 0 aliphatic carbocycles. The van der Waals surface area contributed by atoms with Crippen LogP contribution < -0.4 is 0 Å². The van der Waals surface area contributed by atoms with Gasteiger partial charge in [0, 0.05) is 6.42 Å². The first-order valence-electron chi connectivity index (χ1n) is 4.09. The molecule has 0 bridgehead atoms. The number of ether oxygens (including phenoxy) is 1. The summed E-state index contributed by atoms with van der Waals surface area (Å²) in [5, 5.41) is 0. The molecule has 3 unspecified atom stereocenters. The van der Waals surface area contributed by atoms with E-state index in [1.807, 2.05) is 0 Å². The quantitative estimate of drug-likeness (QED) is 0.692. The van der Waals surface area contributed by atoms with Gasteiger partial charge in [0.15, 0.2) is 6.17 Å². The number of hydrogen-bond donors (Lipinski definition) is 0. The minimum atomic E-state index is -5.99. The van der Waals surface area contributed by atoms with Crippen molar-refractivity contribution in [2.75, 3.05) is 6.61 Å². The zero-order chi connectivity index (χ0) is 12.8. The molecular formula is C7H6F8O. The molecule has 1 aliphatic heterocycles. The topological polar surface area (TPSA) is 9.23 Å². The van der Waals surface area contributed by atoms with Crippen LogP contribution in [0.4, 0.5) is 35.1 Å². The monoisotopic (exact) mass is 258 g/mol. The number of rotatable bonds is 2. The van der Waals surface area contributed by atoms with Gasteiger partial charge in [0.2, 0.25) is 0 Å². The van der Waals surface area contributed by atoms with Crippen LogP contribution in [-0.2, 0) is 4.74 Å². The van der Waals surface area contributed by atoms with Gasteiger partial charge in [-0.1, -0.05) is 0 Å². The van der Waals surface area contributed by atoms with E-state index in [9.17, 15) is 35.1 Å². The molecule has 1 aliphatic rings. The molecule has 1 rings (SSSR count). The number of hydrogen-bond acceptors (Lipinski definition) is 1. The van der Waals surface area contributed by atoms with Crippen molar-refractivity contribution in [3.8, 4) is 0 Å². The Kier molecular flexibility index (Phi) is 3.12. The summed E-state index contributed by atoms with van der Waals surface area (Å²) in [7, 11) is 0. The first-order valence-corrected chi connectivity index (χ1v) is 4.09. The van der Waals surface area contributed by atoms with Crippen LogP contribution in [-0.4, -0.2) is 36.9 Å². The Morgan fingerprint density at radius 3 is 2.00 bits per heavy atom. The Morgan fingerprint density at radius 2 is 1.69 bits per heavy atom. The molecule has 1 nitrogen and oxygen atoms in total. The maximum atomic E-state index is 13.2. The molecule has 1 heterocycles. The summed E-state index contributed by atoms with van der Waals surface area (Å²) in [6.45, 7) is -0.835. The van der Waals surface area contributed by atoms with Crippen molar-refractivity contribution in [2.24, 2.45) is 0 Å². The largest absolute Gasteiger partial charge is 0.425 e. The van der Waals surface area contributed by atoms with Gasteiger partial charge >= 0.3 is 18.0 Å². The van der Waals surface area contributed by atoms with Gasteiger partial charge in [0.05, 0.1) is 6.61 Å². The van der Waals surface area contributed by atoms with Gasteiger partial charge in [0.1, 0.15) is 0 Å². The lowest BCUT2D eigenvalue weighted by Gasteiger charge is -2.33. The summed E-state index contributed by atoms with van der Waals surface area (Å²) in [6.07, 6.45) is -14.7. The summed E-state index contributed by atoms with van der Waals surface area (Å²) >= 11 is 0. The molecule has 9 heteroatoms. The summed E-state index contributed by atoms with van der Waals surface area (Å²) in [5.41, 5.74) is 0. The fourth-order valence-electron chi connectivity index (χ4n) is 1.27. The van der Waals surface area contributed by atoms with Gasteiger partial charge in [-0.2, -0.15) is 22.0 Å². The third-order valence-corrected chi connectivity index (χ3v) is 2.15. The highest BCUT2D eigenvalue weighted by Crippen LogP contribution is 2.49. The van der Waals surface area contributed by atoms with Crippen LogP contribution >= 0.6 is 0 Å². The lowest BCUT2D eigenvalue weighted by Crippen LogP contribution is -2.59. The molecule has 0 saturated carbocycles. The second kappa shape index (κ2) is 3.71. The Morgan fingerprint density at radius 1 is 1.19 bits per heavy atom. The molecule has 16 heavy (non-hydrogen) atoms. The fraction of sp³-hybridized carbons (Fsp3) is 1.00. The van der Waals surface area contributed by atoms with Gasteiger partial charge in [-0.25, -0.2) is 13.2 Å². The zero-order valence-corrected chi connectivity index (χ0v) is 7.50. The third kappa shape index (κ3) is 1.85. The van der Waals surface area contributed by atoms with Crippen molar-refractivity contribution >= 4 is 0 Å². The smallest absolute Gasteiger partial charge is 0.339 e. The molecule has 0 spiro atoms. The van der Waals surface area contributed by atoms with E-state index < -0.39 is 43.3 Å². The Labute approximate surface area is 84.4 Å². The minimum Gasteiger partial charge on any atom is -0.339 e. The predicted molar refractivity (Wildman–Crippen MR) is 35.2 cm³/mol. The van der Waals surface area contributed by atoms with Crippen LogP contribution in [0, 0.1) is 0 Å². The molecule has 0 aromatic carbocycles. The minimum absolute atomic E-state index is 0.835. The zero-order valence-electron chi connectivity index (χ0n) is 7.50. The Hall–Kier alpha value is -0.600. The van der Waals surface area contributed by atoms with Crippen LogP contribution in [0.3, 0.4) is 0 Å². The van der Waals surface area contributed by atoms with Crippen molar-refractivity contribution < 1.29 is 39.9 Å². The van der Waals surface area contributed by atoms with Gasteiger partial charge in [0.25, 0.3) is 6.17 Å². The fourth-order valence-corrected chi connectivity index (χ4v) is 1.27. The molecule has 0 amide bonds. The maximum Gasteiger partial charge on any atom is 0.425 e. The summed E-state index contributed by atoms with van der Waals surface area (Å²) in [6, 6.07) is 0. The van der Waals surface area contributed by atoms with E-state index in [-0.39, 0.29) is 0 Å². The standard InChI is InChI=1S/C7H6F8O/c8-3-1-2-16-6(3,12)5(10,11)4(9)7(13,14)15/h3-4H,1-2H2. The Balaban J connectivity index is 3.01. The van der Waals surface area contributed by atoms with Gasteiger partial charge in [-0.05, 0) is 0 Å². The van der Waals surface area contributed by atoms with Gasteiger partial charge in [-0.15, -0.1) is 0 Å². The second-order valence-corrected chi connectivity index (χ2v) is 3.28. The number of alkyl halides is 8. The summed E-state index contributed by atoms with van der Waals surface area (Å²) < 4.78 is 103. The predicted octanol–water partition coefficient (Wildman–Crippen LogP) is 2.95. The second-order valence-electron chi connectivity index (χ2n) is 3.28. The molecule has 3 atom stereocenters. The van der Waals surface area contributed by atoms with E-state index in [0.717, 1.165) is 0 Å². The van der Waals surface area contributed by atoms with Crippen molar-refractivity contribution in [3.63, 3.8) is 0 Å². The van der Waals surface area contributed by atoms with Crippen molar-refractivity contribution in [2.45, 2.75) is 36.7 Å². The molecular weight excluding hydrogens is 252 g/mol. The van der Waals surface area contributed by atoms with E-state index in [4.69, 9.17) is 0 Å². The molecule has 0 radical (unpaired) electrons. The van der Waals surface area contributed by atoms with E-state index >= 15 is 0 Å². The van der Waals surface area contributed by atoms with Crippen LogP contribution in [0.15, 0.2) is 0 Å². The molecule has 0 aromatic heterocycles. The van der Waals surface area contributed by atoms with Crippen LogP contribution in [0.5, 0.6) is 0 Å². The van der Waals surface area contributed by atoms with E-state index in [2.05, 4.69) is 4.74 Å². The average Bonchev–Trinajstić information content (AvgIpc) is 2.46. The maximum absolute atomic E-state index is 13.2. The first-order chi connectivity index (χ1) is 7.03. The molecule has 96 valence electrons. The summed E-state index contributed by atoms with van der Waals surface area (Å²) in [5.74, 6) is -10.2. The van der Waals surface area contributed by atoms with Crippen LogP contribution in [0.1, 0.15) is 6.42 Å². The lowest BCUT2D eigenvalue weighted by molar-refractivity contribution is -0.337. The van der Waals surface area contributed by atoms with E-state index in [1.54, 1.807) is 0 Å². The Bertz CT molecular complexity index is 264. The van der Waals surface area contributed by atoms with Gasteiger partial charge < -0.3 is 4.74 Å². The average molecular weight is 258 g/mol.